The quantitative estimate of drug-likeness (QED) is 0.386. The molecular formula is C11H20N2O3. The van der Waals surface area contributed by atoms with E-state index in [-0.39, 0.29) is 18.1 Å². The summed E-state index contributed by atoms with van der Waals surface area (Å²) in [6, 6.07) is 0.0599. The molecule has 0 aromatic heterocycles. The van der Waals surface area contributed by atoms with E-state index >= 15 is 0 Å². The van der Waals surface area contributed by atoms with E-state index in [9.17, 15) is 4.79 Å². The molecule has 0 radical (unpaired) electrons. The van der Waals surface area contributed by atoms with Gasteiger partial charge in [-0.3, -0.25) is 0 Å². The number of carbonyl (C=O) groups is 1. The molecule has 5 heteroatoms. The lowest BCUT2D eigenvalue weighted by Gasteiger charge is -2.19. The minimum atomic E-state index is -0.296. The number of hydrogen-bond donors (Lipinski definition) is 1. The molecule has 0 saturated carbocycles. The number of esters is 1. The molecule has 0 amide bonds. The number of carbonyl (C=O) groups excluding carboxylic acids is 1. The Morgan fingerprint density at radius 1 is 1.69 bits per heavy atom. The summed E-state index contributed by atoms with van der Waals surface area (Å²) in [7, 11) is 3.84. The average Bonchev–Trinajstić information content (AvgIpc) is 3.05. The summed E-state index contributed by atoms with van der Waals surface area (Å²) in [6.45, 7) is 3.25. The number of nitrogens with two attached hydrogens (primary N) is 1. The third-order valence-electron chi connectivity index (χ3n) is 2.47. The van der Waals surface area contributed by atoms with Crippen molar-refractivity contribution >= 4 is 5.97 Å². The predicted octanol–water partition coefficient (Wildman–Crippen LogP) is -0.236. The summed E-state index contributed by atoms with van der Waals surface area (Å²) < 4.78 is 10.0. The van der Waals surface area contributed by atoms with Crippen LogP contribution in [-0.4, -0.2) is 56.9 Å². The maximum Gasteiger partial charge on any atom is 0.333 e. The normalized spacial score (nSPS) is 22.1. The van der Waals surface area contributed by atoms with Gasteiger partial charge in [0.05, 0.1) is 6.61 Å². The number of rotatable bonds is 6. The molecule has 0 aromatic carbocycles. The number of likely N-dealkylation sites (N-methyl/N-ethyl adjacent to an activating group) is 1. The Balaban J connectivity index is 2.42. The molecule has 1 rings (SSSR count). The zero-order valence-electron chi connectivity index (χ0n) is 10.1. The molecule has 1 fully saturated rings. The summed E-state index contributed by atoms with van der Waals surface area (Å²) in [4.78, 5) is 13.5. The van der Waals surface area contributed by atoms with Crippen LogP contribution in [0.4, 0.5) is 0 Å². The second kappa shape index (κ2) is 5.98. The van der Waals surface area contributed by atoms with Gasteiger partial charge < -0.3 is 20.1 Å². The van der Waals surface area contributed by atoms with Gasteiger partial charge in [-0.05, 0) is 21.0 Å². The van der Waals surface area contributed by atoms with Crippen LogP contribution in [-0.2, 0) is 14.3 Å². The van der Waals surface area contributed by atoms with E-state index in [2.05, 4.69) is 0 Å². The molecule has 1 aliphatic rings. The molecule has 0 spiro atoms. The van der Waals surface area contributed by atoms with Crippen molar-refractivity contribution in [3.63, 3.8) is 0 Å². The Labute approximate surface area is 96.2 Å². The van der Waals surface area contributed by atoms with Crippen LogP contribution < -0.4 is 5.73 Å². The Bertz CT molecular complexity index is 272. The third kappa shape index (κ3) is 4.30. The van der Waals surface area contributed by atoms with Crippen molar-refractivity contribution in [3.8, 4) is 0 Å². The average molecular weight is 228 g/mol. The predicted molar refractivity (Wildman–Crippen MR) is 61.0 cm³/mol. The van der Waals surface area contributed by atoms with Crippen LogP contribution in [0.1, 0.15) is 6.92 Å². The molecule has 16 heavy (non-hydrogen) atoms. The van der Waals surface area contributed by atoms with Crippen molar-refractivity contribution < 1.29 is 14.3 Å². The third-order valence-corrected chi connectivity index (χ3v) is 2.47. The van der Waals surface area contributed by atoms with Crippen LogP contribution in [0.5, 0.6) is 0 Å². The highest BCUT2D eigenvalue weighted by Crippen LogP contribution is 2.10. The summed E-state index contributed by atoms with van der Waals surface area (Å²) in [5.41, 5.74) is 6.18. The first-order chi connectivity index (χ1) is 7.54. The van der Waals surface area contributed by atoms with Gasteiger partial charge in [0.1, 0.15) is 12.7 Å². The van der Waals surface area contributed by atoms with E-state index < -0.39 is 0 Å². The molecule has 92 valence electrons. The zero-order valence-corrected chi connectivity index (χ0v) is 10.1. The van der Waals surface area contributed by atoms with Crippen molar-refractivity contribution in [2.75, 3.05) is 33.9 Å². The van der Waals surface area contributed by atoms with Gasteiger partial charge in [-0.15, -0.1) is 0 Å². The minimum Gasteiger partial charge on any atom is -0.459 e. The summed E-state index contributed by atoms with van der Waals surface area (Å²) in [6.07, 6.45) is 1.94. The van der Waals surface area contributed by atoms with Gasteiger partial charge in [-0.1, -0.05) is 6.08 Å². The number of ether oxygens (including phenoxy) is 2. The van der Waals surface area contributed by atoms with Crippen LogP contribution in [0.15, 0.2) is 11.6 Å². The second-order valence-electron chi connectivity index (χ2n) is 4.17. The smallest absolute Gasteiger partial charge is 0.333 e. The standard InChI is InChI=1S/C11H20N2O3/c1-8(4-9(5-12)13(2)3)11(14)16-7-10-6-15-10/h4,9-10H,5-7,12H2,1-3H3/b8-4+. The van der Waals surface area contributed by atoms with Gasteiger partial charge in [0.25, 0.3) is 0 Å². The molecular weight excluding hydrogens is 208 g/mol. The highest BCUT2D eigenvalue weighted by Gasteiger charge is 2.24. The van der Waals surface area contributed by atoms with Crippen molar-refractivity contribution in [1.29, 1.82) is 0 Å². The molecule has 0 aromatic rings. The molecule has 0 aliphatic carbocycles. The van der Waals surface area contributed by atoms with E-state index in [0.717, 1.165) is 0 Å². The molecule has 1 heterocycles. The molecule has 1 aliphatic heterocycles. The molecule has 2 atom stereocenters. The van der Waals surface area contributed by atoms with Gasteiger partial charge in [-0.2, -0.15) is 0 Å². The van der Waals surface area contributed by atoms with E-state index in [1.54, 1.807) is 6.92 Å². The van der Waals surface area contributed by atoms with Crippen molar-refractivity contribution in [1.82, 2.24) is 4.90 Å². The maximum atomic E-state index is 11.5. The van der Waals surface area contributed by atoms with Gasteiger partial charge in [0.2, 0.25) is 0 Å². The van der Waals surface area contributed by atoms with E-state index in [1.807, 2.05) is 25.1 Å². The Kier molecular flexibility index (Phi) is 4.92. The summed E-state index contributed by atoms with van der Waals surface area (Å²) >= 11 is 0. The van der Waals surface area contributed by atoms with E-state index in [0.29, 0.717) is 25.3 Å². The Morgan fingerprint density at radius 2 is 2.31 bits per heavy atom. The van der Waals surface area contributed by atoms with Crippen molar-refractivity contribution in [2.45, 2.75) is 19.1 Å². The van der Waals surface area contributed by atoms with E-state index in [1.165, 1.54) is 0 Å². The largest absolute Gasteiger partial charge is 0.459 e. The fraction of sp³-hybridized carbons (Fsp3) is 0.727. The SMILES string of the molecule is C/C(=C\C(CN)N(C)C)C(=O)OCC1CO1. The first kappa shape index (κ1) is 13.2. The molecule has 2 N–H and O–H groups in total. The molecule has 1 saturated heterocycles. The summed E-state index contributed by atoms with van der Waals surface area (Å²) in [5, 5.41) is 0. The van der Waals surface area contributed by atoms with Crippen LogP contribution >= 0.6 is 0 Å². The monoisotopic (exact) mass is 228 g/mol. The van der Waals surface area contributed by atoms with Crippen molar-refractivity contribution in [2.24, 2.45) is 5.73 Å². The number of hydrogen-bond acceptors (Lipinski definition) is 5. The Hall–Kier alpha value is -0.910. The zero-order chi connectivity index (χ0) is 12.1. The first-order valence-electron chi connectivity index (χ1n) is 5.38. The topological polar surface area (TPSA) is 68.1 Å². The highest BCUT2D eigenvalue weighted by molar-refractivity contribution is 5.87. The number of epoxide rings is 1. The molecule has 0 bridgehead atoms. The minimum absolute atomic E-state index is 0.0599. The van der Waals surface area contributed by atoms with Crippen LogP contribution in [0.2, 0.25) is 0 Å². The van der Waals surface area contributed by atoms with E-state index in [4.69, 9.17) is 15.2 Å². The number of nitrogens with zero attached hydrogens (tertiary/aromatic N) is 1. The lowest BCUT2D eigenvalue weighted by molar-refractivity contribution is -0.139. The van der Waals surface area contributed by atoms with Gasteiger partial charge >= 0.3 is 5.97 Å². The lowest BCUT2D eigenvalue weighted by atomic mass is 10.1. The fourth-order valence-electron chi connectivity index (χ4n) is 1.23. The maximum absolute atomic E-state index is 11.5. The van der Waals surface area contributed by atoms with Crippen LogP contribution in [0.3, 0.4) is 0 Å². The van der Waals surface area contributed by atoms with Gasteiger partial charge in [0.15, 0.2) is 0 Å². The summed E-state index contributed by atoms with van der Waals surface area (Å²) in [5.74, 6) is -0.296. The van der Waals surface area contributed by atoms with Gasteiger partial charge in [0, 0.05) is 18.2 Å². The van der Waals surface area contributed by atoms with Crippen LogP contribution in [0, 0.1) is 0 Å². The molecule has 2 unspecified atom stereocenters. The fourth-order valence-corrected chi connectivity index (χ4v) is 1.23. The Morgan fingerprint density at radius 3 is 2.75 bits per heavy atom. The van der Waals surface area contributed by atoms with Crippen molar-refractivity contribution in [3.05, 3.63) is 11.6 Å². The highest BCUT2D eigenvalue weighted by atomic mass is 16.6. The van der Waals surface area contributed by atoms with Gasteiger partial charge in [-0.25, -0.2) is 4.79 Å². The second-order valence-corrected chi connectivity index (χ2v) is 4.17. The molecule has 5 nitrogen and oxygen atoms in total. The lowest BCUT2D eigenvalue weighted by Crippen LogP contribution is -2.34. The first-order valence-corrected chi connectivity index (χ1v) is 5.38. The van der Waals surface area contributed by atoms with Crippen LogP contribution in [0.25, 0.3) is 0 Å².